The van der Waals surface area contributed by atoms with Gasteiger partial charge in [-0.05, 0) is 42.3 Å². The Morgan fingerprint density at radius 1 is 1.14 bits per heavy atom. The van der Waals surface area contributed by atoms with Crippen LogP contribution in [-0.4, -0.2) is 19.0 Å². The summed E-state index contributed by atoms with van der Waals surface area (Å²) in [6.45, 7) is 1.03. The first-order valence-corrected chi connectivity index (χ1v) is 6.81. The number of ether oxygens (including phenoxy) is 2. The molecule has 0 spiro atoms. The van der Waals surface area contributed by atoms with Crippen LogP contribution in [0.2, 0.25) is 0 Å². The first-order chi connectivity index (χ1) is 10.2. The van der Waals surface area contributed by atoms with E-state index in [4.69, 9.17) is 9.47 Å². The van der Waals surface area contributed by atoms with Crippen molar-refractivity contribution >= 4 is 5.78 Å². The highest BCUT2D eigenvalue weighted by Crippen LogP contribution is 2.31. The number of fused-ring (bicyclic) bond motifs is 1. The van der Waals surface area contributed by atoms with Crippen LogP contribution >= 0.6 is 0 Å². The van der Waals surface area contributed by atoms with Crippen LogP contribution in [0.25, 0.3) is 0 Å². The molecule has 2 aromatic rings. The van der Waals surface area contributed by atoms with E-state index in [1.54, 1.807) is 30.3 Å². The Labute approximate surface area is 122 Å². The van der Waals surface area contributed by atoms with E-state index in [2.05, 4.69) is 6.07 Å². The number of hydrogen-bond donors (Lipinski definition) is 0. The number of carbonyl (C=O) groups excluding carboxylic acids is 1. The van der Waals surface area contributed by atoms with Crippen LogP contribution in [0.15, 0.2) is 36.4 Å². The zero-order valence-electron chi connectivity index (χ0n) is 11.4. The molecule has 21 heavy (non-hydrogen) atoms. The van der Waals surface area contributed by atoms with E-state index in [0.717, 1.165) is 5.56 Å². The quantitative estimate of drug-likeness (QED) is 0.809. The summed E-state index contributed by atoms with van der Waals surface area (Å²) >= 11 is 0. The van der Waals surface area contributed by atoms with E-state index in [1.807, 2.05) is 0 Å². The molecule has 0 saturated heterocycles. The van der Waals surface area contributed by atoms with Gasteiger partial charge >= 0.3 is 0 Å². The van der Waals surface area contributed by atoms with Crippen LogP contribution in [0.5, 0.6) is 11.5 Å². The van der Waals surface area contributed by atoms with E-state index in [-0.39, 0.29) is 5.78 Å². The van der Waals surface area contributed by atoms with Crippen LogP contribution < -0.4 is 9.47 Å². The van der Waals surface area contributed by atoms with Gasteiger partial charge in [0.05, 0.1) is 0 Å². The molecule has 3 nitrogen and oxygen atoms in total. The summed E-state index contributed by atoms with van der Waals surface area (Å²) in [7, 11) is 0. The molecule has 0 amide bonds. The molecular formula is C17H14FO3. The fourth-order valence-corrected chi connectivity index (χ4v) is 2.21. The van der Waals surface area contributed by atoms with Gasteiger partial charge in [0.1, 0.15) is 19.0 Å². The molecule has 0 aromatic heterocycles. The first-order valence-electron chi connectivity index (χ1n) is 6.81. The molecule has 1 aliphatic heterocycles. The molecular weight excluding hydrogens is 271 g/mol. The van der Waals surface area contributed by atoms with Crippen molar-refractivity contribution in [3.05, 3.63) is 59.4 Å². The third kappa shape index (κ3) is 3.21. The summed E-state index contributed by atoms with van der Waals surface area (Å²) < 4.78 is 23.7. The van der Waals surface area contributed by atoms with Gasteiger partial charge in [-0.1, -0.05) is 6.07 Å². The normalized spacial score (nSPS) is 13.0. The molecule has 2 aromatic carbocycles. The third-order valence-electron chi connectivity index (χ3n) is 3.34. The van der Waals surface area contributed by atoms with Crippen LogP contribution in [0.4, 0.5) is 4.39 Å². The maximum atomic E-state index is 12.8. The van der Waals surface area contributed by atoms with E-state index in [1.165, 1.54) is 6.07 Å². The van der Waals surface area contributed by atoms with Crippen molar-refractivity contribution in [3.8, 4) is 11.5 Å². The minimum absolute atomic E-state index is 0.0244. The number of halogens is 1. The summed E-state index contributed by atoms with van der Waals surface area (Å²) in [5.41, 5.74) is 1.49. The van der Waals surface area contributed by atoms with Crippen LogP contribution in [0, 0.1) is 11.9 Å². The average Bonchev–Trinajstić information content (AvgIpc) is 2.53. The highest BCUT2D eigenvalue weighted by atomic mass is 19.1. The van der Waals surface area contributed by atoms with Gasteiger partial charge in [0.2, 0.25) is 0 Å². The molecule has 1 heterocycles. The molecule has 3 rings (SSSR count). The number of rotatable bonds is 4. The van der Waals surface area contributed by atoms with Gasteiger partial charge in [-0.25, -0.2) is 4.39 Å². The van der Waals surface area contributed by atoms with Gasteiger partial charge in [0, 0.05) is 18.1 Å². The number of ketones is 1. The number of carbonyl (C=O) groups is 1. The Morgan fingerprint density at radius 3 is 2.71 bits per heavy atom. The van der Waals surface area contributed by atoms with Crippen molar-refractivity contribution in [2.24, 2.45) is 0 Å². The van der Waals surface area contributed by atoms with E-state index < -0.39 is 5.82 Å². The second-order valence-corrected chi connectivity index (χ2v) is 4.83. The molecule has 0 saturated carbocycles. The smallest absolute Gasteiger partial charge is 0.163 e. The van der Waals surface area contributed by atoms with Crippen molar-refractivity contribution in [3.63, 3.8) is 0 Å². The highest BCUT2D eigenvalue weighted by Gasteiger charge is 2.14. The highest BCUT2D eigenvalue weighted by molar-refractivity contribution is 5.96. The molecule has 0 N–H and O–H groups in total. The number of aryl methyl sites for hydroxylation is 1. The zero-order valence-corrected chi connectivity index (χ0v) is 11.4. The fourth-order valence-electron chi connectivity index (χ4n) is 2.21. The van der Waals surface area contributed by atoms with Gasteiger partial charge in [0.15, 0.2) is 17.3 Å². The minimum atomic E-state index is -0.392. The predicted molar refractivity (Wildman–Crippen MR) is 75.3 cm³/mol. The summed E-state index contributed by atoms with van der Waals surface area (Å²) in [5, 5.41) is 0. The monoisotopic (exact) mass is 285 g/mol. The summed E-state index contributed by atoms with van der Waals surface area (Å²) in [5.74, 6) is 0.918. The molecule has 4 heteroatoms. The van der Waals surface area contributed by atoms with Gasteiger partial charge in [0.25, 0.3) is 0 Å². The van der Waals surface area contributed by atoms with Crippen molar-refractivity contribution in [2.45, 2.75) is 12.8 Å². The van der Waals surface area contributed by atoms with Crippen molar-refractivity contribution in [1.82, 2.24) is 0 Å². The van der Waals surface area contributed by atoms with Crippen LogP contribution in [0.3, 0.4) is 0 Å². The SMILES string of the molecule is O=C(CCc1c[c]c(F)cc1)c1ccc2c(c1)OCCO2. The lowest BCUT2D eigenvalue weighted by molar-refractivity contribution is 0.0981. The average molecular weight is 285 g/mol. The summed E-state index contributed by atoms with van der Waals surface area (Å²) in [4.78, 5) is 12.2. The Balaban J connectivity index is 1.66. The second kappa shape index (κ2) is 5.95. The maximum absolute atomic E-state index is 12.8. The van der Waals surface area contributed by atoms with Crippen LogP contribution in [-0.2, 0) is 6.42 Å². The van der Waals surface area contributed by atoms with Gasteiger partial charge in [-0.2, -0.15) is 0 Å². The lowest BCUT2D eigenvalue weighted by Gasteiger charge is -2.18. The zero-order chi connectivity index (χ0) is 14.7. The van der Waals surface area contributed by atoms with E-state index >= 15 is 0 Å². The molecule has 0 aliphatic carbocycles. The molecule has 0 unspecified atom stereocenters. The topological polar surface area (TPSA) is 35.5 Å². The molecule has 0 bridgehead atoms. The lowest BCUT2D eigenvalue weighted by Crippen LogP contribution is -2.15. The van der Waals surface area contributed by atoms with Crippen LogP contribution in [0.1, 0.15) is 22.3 Å². The summed E-state index contributed by atoms with van der Waals surface area (Å²) in [6.07, 6.45) is 0.920. The molecule has 1 radical (unpaired) electrons. The number of Topliss-reactive ketones (excluding diaryl/α,β-unsaturated/α-hetero) is 1. The molecule has 1 aliphatic rings. The largest absolute Gasteiger partial charge is 0.486 e. The van der Waals surface area contributed by atoms with Gasteiger partial charge in [-0.15, -0.1) is 0 Å². The Morgan fingerprint density at radius 2 is 1.95 bits per heavy atom. The molecule has 0 atom stereocenters. The Kier molecular flexibility index (Phi) is 3.86. The molecule has 107 valence electrons. The lowest BCUT2D eigenvalue weighted by atomic mass is 10.0. The van der Waals surface area contributed by atoms with E-state index in [9.17, 15) is 9.18 Å². The third-order valence-corrected chi connectivity index (χ3v) is 3.34. The molecule has 0 fully saturated rings. The van der Waals surface area contributed by atoms with Crippen molar-refractivity contribution < 1.29 is 18.7 Å². The van der Waals surface area contributed by atoms with Crippen molar-refractivity contribution in [1.29, 1.82) is 0 Å². The Hall–Kier alpha value is -2.36. The van der Waals surface area contributed by atoms with E-state index in [0.29, 0.717) is 43.1 Å². The van der Waals surface area contributed by atoms with Crippen molar-refractivity contribution in [2.75, 3.05) is 13.2 Å². The fraction of sp³-hybridized carbons (Fsp3) is 0.235. The Bertz CT molecular complexity index is 650. The minimum Gasteiger partial charge on any atom is -0.486 e. The maximum Gasteiger partial charge on any atom is 0.163 e. The number of hydrogen-bond acceptors (Lipinski definition) is 3. The first kappa shape index (κ1) is 13.6. The van der Waals surface area contributed by atoms with Gasteiger partial charge < -0.3 is 9.47 Å². The second-order valence-electron chi connectivity index (χ2n) is 4.83. The summed E-state index contributed by atoms with van der Waals surface area (Å²) in [6, 6.07) is 12.3. The van der Waals surface area contributed by atoms with Gasteiger partial charge in [-0.3, -0.25) is 4.79 Å². The standard InChI is InChI=1S/C17H14FO3/c18-14-5-1-12(2-6-14)3-7-15(19)13-4-8-16-17(11-13)21-10-9-20-16/h1-2,4-5,8,11H,3,7,9-10H2. The number of benzene rings is 2. The predicted octanol–water partition coefficient (Wildman–Crippen LogP) is 3.21.